The predicted molar refractivity (Wildman–Crippen MR) is 92.3 cm³/mol. The molecule has 120 valence electrons. The van der Waals surface area contributed by atoms with E-state index in [2.05, 4.69) is 5.32 Å². The normalized spacial score (nSPS) is 10.0. The zero-order valence-electron chi connectivity index (χ0n) is 13.0. The summed E-state index contributed by atoms with van der Waals surface area (Å²) in [5.41, 5.74) is 0.924. The Morgan fingerprint density at radius 1 is 0.750 bits per heavy atom. The number of rotatable bonds is 5. The lowest BCUT2D eigenvalue weighted by molar-refractivity contribution is 0.200. The first-order valence-corrected chi connectivity index (χ1v) is 7.62. The minimum absolute atomic E-state index is 0.359. The average Bonchev–Trinajstić information content (AvgIpc) is 2.62. The zero-order valence-corrected chi connectivity index (χ0v) is 13.0. The number of amides is 1. The van der Waals surface area contributed by atoms with Crippen molar-refractivity contribution in [1.29, 1.82) is 0 Å². The molecule has 0 saturated carbocycles. The summed E-state index contributed by atoms with van der Waals surface area (Å²) in [5.74, 6) is 2.00. The van der Waals surface area contributed by atoms with Gasteiger partial charge in [0.05, 0.1) is 0 Å². The summed E-state index contributed by atoms with van der Waals surface area (Å²) in [5, 5.41) is 2.72. The topological polar surface area (TPSA) is 47.6 Å². The molecule has 0 aliphatic rings. The molecule has 1 amide bonds. The zero-order chi connectivity index (χ0) is 16.6. The molecule has 4 nitrogen and oxygen atoms in total. The van der Waals surface area contributed by atoms with E-state index in [4.69, 9.17) is 9.47 Å². The molecule has 0 bridgehead atoms. The summed E-state index contributed by atoms with van der Waals surface area (Å²) in [7, 11) is 0. The summed E-state index contributed by atoms with van der Waals surface area (Å²) in [4.78, 5) is 11.8. The number of hydrogen-bond donors (Lipinski definition) is 1. The minimum Gasteiger partial charge on any atom is -0.457 e. The van der Waals surface area contributed by atoms with Crippen LogP contribution in [0.5, 0.6) is 17.2 Å². The van der Waals surface area contributed by atoms with Crippen LogP contribution in [-0.4, -0.2) is 6.09 Å². The number of nitrogens with one attached hydrogen (secondary N) is 1. The standard InChI is InChI=1S/C20H17NO3/c22-20(24-18-11-5-2-6-12-18)21-15-16-8-7-13-19(14-16)23-17-9-3-1-4-10-17/h1-14H,15H2,(H,21,22). The van der Waals surface area contributed by atoms with Crippen LogP contribution in [0, 0.1) is 0 Å². The van der Waals surface area contributed by atoms with E-state index in [-0.39, 0.29) is 0 Å². The molecule has 0 aliphatic carbocycles. The van der Waals surface area contributed by atoms with Gasteiger partial charge >= 0.3 is 6.09 Å². The number of ether oxygens (including phenoxy) is 2. The Hall–Kier alpha value is -3.27. The number of carbonyl (C=O) groups is 1. The molecule has 4 heteroatoms. The van der Waals surface area contributed by atoms with Crippen LogP contribution < -0.4 is 14.8 Å². The van der Waals surface area contributed by atoms with Crippen LogP contribution >= 0.6 is 0 Å². The molecule has 3 aromatic rings. The van der Waals surface area contributed by atoms with E-state index >= 15 is 0 Å². The molecule has 0 fully saturated rings. The van der Waals surface area contributed by atoms with Crippen LogP contribution in [0.25, 0.3) is 0 Å². The third-order valence-electron chi connectivity index (χ3n) is 3.27. The Balaban J connectivity index is 1.55. The fourth-order valence-electron chi connectivity index (χ4n) is 2.15. The van der Waals surface area contributed by atoms with Crippen molar-refractivity contribution in [2.45, 2.75) is 6.54 Å². The monoisotopic (exact) mass is 319 g/mol. The highest BCUT2D eigenvalue weighted by Gasteiger charge is 2.04. The van der Waals surface area contributed by atoms with Crippen LogP contribution in [0.15, 0.2) is 84.9 Å². The van der Waals surface area contributed by atoms with Gasteiger partial charge in [0.2, 0.25) is 0 Å². The molecule has 0 atom stereocenters. The quantitative estimate of drug-likeness (QED) is 0.737. The maximum atomic E-state index is 11.8. The first-order chi connectivity index (χ1) is 11.8. The molecule has 0 saturated heterocycles. The molecule has 0 heterocycles. The Kier molecular flexibility index (Phi) is 5.10. The van der Waals surface area contributed by atoms with E-state index in [1.165, 1.54) is 0 Å². The molecular formula is C20H17NO3. The van der Waals surface area contributed by atoms with Gasteiger partial charge in [-0.15, -0.1) is 0 Å². The fourth-order valence-corrected chi connectivity index (χ4v) is 2.15. The van der Waals surface area contributed by atoms with Gasteiger partial charge in [-0.25, -0.2) is 4.79 Å². The first-order valence-electron chi connectivity index (χ1n) is 7.62. The SMILES string of the molecule is O=C(NCc1cccc(Oc2ccccc2)c1)Oc1ccccc1. The van der Waals surface area contributed by atoms with Gasteiger partial charge in [0.15, 0.2) is 0 Å². The predicted octanol–water partition coefficient (Wildman–Crippen LogP) is 4.77. The lowest BCUT2D eigenvalue weighted by Crippen LogP contribution is -2.26. The first kappa shape index (κ1) is 15.6. The van der Waals surface area contributed by atoms with Crippen molar-refractivity contribution >= 4 is 6.09 Å². The van der Waals surface area contributed by atoms with Crippen molar-refractivity contribution in [2.75, 3.05) is 0 Å². The molecule has 3 aromatic carbocycles. The Bertz CT molecular complexity index is 788. The van der Waals surface area contributed by atoms with Gasteiger partial charge in [-0.1, -0.05) is 48.5 Å². The Morgan fingerprint density at radius 2 is 1.38 bits per heavy atom. The van der Waals surface area contributed by atoms with Gasteiger partial charge in [0, 0.05) is 6.54 Å². The molecule has 0 unspecified atom stereocenters. The third kappa shape index (κ3) is 4.61. The molecule has 0 spiro atoms. The molecule has 0 radical (unpaired) electrons. The van der Waals surface area contributed by atoms with E-state index in [0.29, 0.717) is 12.3 Å². The Labute approximate surface area is 140 Å². The van der Waals surface area contributed by atoms with Crippen LogP contribution in [0.3, 0.4) is 0 Å². The van der Waals surface area contributed by atoms with E-state index in [0.717, 1.165) is 17.1 Å². The number of para-hydroxylation sites is 2. The maximum absolute atomic E-state index is 11.8. The average molecular weight is 319 g/mol. The third-order valence-corrected chi connectivity index (χ3v) is 3.27. The van der Waals surface area contributed by atoms with E-state index in [1.807, 2.05) is 72.8 Å². The highest BCUT2D eigenvalue weighted by atomic mass is 16.6. The lowest BCUT2D eigenvalue weighted by atomic mass is 10.2. The Morgan fingerprint density at radius 3 is 2.08 bits per heavy atom. The van der Waals surface area contributed by atoms with Gasteiger partial charge in [-0.05, 0) is 42.0 Å². The van der Waals surface area contributed by atoms with E-state index in [1.54, 1.807) is 12.1 Å². The van der Waals surface area contributed by atoms with E-state index < -0.39 is 6.09 Å². The largest absolute Gasteiger partial charge is 0.457 e. The van der Waals surface area contributed by atoms with E-state index in [9.17, 15) is 4.79 Å². The molecule has 0 aliphatic heterocycles. The smallest absolute Gasteiger partial charge is 0.412 e. The van der Waals surface area contributed by atoms with Crippen molar-refractivity contribution in [1.82, 2.24) is 5.32 Å². The van der Waals surface area contributed by atoms with Gasteiger partial charge in [0.25, 0.3) is 0 Å². The number of carbonyl (C=O) groups excluding carboxylic acids is 1. The second kappa shape index (κ2) is 7.83. The summed E-state index contributed by atoms with van der Waals surface area (Å²) < 4.78 is 11.0. The molecular weight excluding hydrogens is 302 g/mol. The summed E-state index contributed by atoms with van der Waals surface area (Å²) >= 11 is 0. The second-order valence-electron chi connectivity index (χ2n) is 5.12. The highest BCUT2D eigenvalue weighted by Crippen LogP contribution is 2.21. The summed E-state index contributed by atoms with van der Waals surface area (Å²) in [6.07, 6.45) is -0.490. The second-order valence-corrected chi connectivity index (χ2v) is 5.12. The van der Waals surface area contributed by atoms with Crippen LogP contribution in [0.1, 0.15) is 5.56 Å². The number of benzene rings is 3. The van der Waals surface area contributed by atoms with Crippen molar-refractivity contribution in [2.24, 2.45) is 0 Å². The van der Waals surface area contributed by atoms with Crippen LogP contribution in [-0.2, 0) is 6.54 Å². The number of hydrogen-bond acceptors (Lipinski definition) is 3. The van der Waals surface area contributed by atoms with Gasteiger partial charge in [-0.3, -0.25) is 0 Å². The van der Waals surface area contributed by atoms with Crippen molar-refractivity contribution in [3.63, 3.8) is 0 Å². The van der Waals surface area contributed by atoms with Gasteiger partial charge < -0.3 is 14.8 Å². The van der Waals surface area contributed by atoms with Crippen molar-refractivity contribution in [3.05, 3.63) is 90.5 Å². The minimum atomic E-state index is -0.490. The summed E-state index contributed by atoms with van der Waals surface area (Å²) in [6.45, 7) is 0.359. The van der Waals surface area contributed by atoms with Crippen molar-refractivity contribution in [3.8, 4) is 17.2 Å². The van der Waals surface area contributed by atoms with Crippen LogP contribution in [0.2, 0.25) is 0 Å². The van der Waals surface area contributed by atoms with Gasteiger partial charge in [-0.2, -0.15) is 0 Å². The highest BCUT2D eigenvalue weighted by molar-refractivity contribution is 5.70. The molecule has 24 heavy (non-hydrogen) atoms. The molecule has 0 aromatic heterocycles. The summed E-state index contributed by atoms with van der Waals surface area (Å²) in [6, 6.07) is 26.1. The maximum Gasteiger partial charge on any atom is 0.412 e. The van der Waals surface area contributed by atoms with Gasteiger partial charge in [0.1, 0.15) is 17.2 Å². The lowest BCUT2D eigenvalue weighted by Gasteiger charge is -2.09. The fraction of sp³-hybridized carbons (Fsp3) is 0.0500. The van der Waals surface area contributed by atoms with Crippen LogP contribution in [0.4, 0.5) is 4.79 Å². The van der Waals surface area contributed by atoms with Crippen molar-refractivity contribution < 1.29 is 14.3 Å². The molecule has 1 N–H and O–H groups in total. The molecule has 3 rings (SSSR count).